The predicted octanol–water partition coefficient (Wildman–Crippen LogP) is 3.61. The first-order valence-corrected chi connectivity index (χ1v) is 10.8. The number of fused-ring (bicyclic) bond motifs is 1. The van der Waals surface area contributed by atoms with Gasteiger partial charge in [0.15, 0.2) is 5.65 Å². The third kappa shape index (κ3) is 4.48. The molecule has 1 saturated heterocycles. The Bertz CT molecular complexity index is 1420. The number of pyridine rings is 2. The fraction of sp³-hybridized carbons (Fsp3) is 0.304. The first kappa shape index (κ1) is 25.1. The normalized spacial score (nSPS) is 15.0. The molecule has 1 unspecified atom stereocenters. The van der Waals surface area contributed by atoms with Crippen LogP contribution in [0.1, 0.15) is 23.7 Å². The maximum Gasteiger partial charge on any atom is 0.408 e. The number of alkyl halides is 3. The number of carbonyl (C=O) groups excluding carboxylic acids is 2. The average molecular weight is 509 g/mol. The lowest BCUT2D eigenvalue weighted by Gasteiger charge is -2.21. The summed E-state index contributed by atoms with van der Waals surface area (Å²) >= 11 is 0. The number of carbonyl (C=O) groups is 2. The number of aromatic nitrogens is 2. The molecule has 8 nitrogen and oxygen atoms in total. The van der Waals surface area contributed by atoms with Crippen molar-refractivity contribution in [2.24, 2.45) is 0 Å². The number of urea groups is 1. The van der Waals surface area contributed by atoms with Crippen LogP contribution in [0, 0.1) is 11.6 Å². The Morgan fingerprint density at radius 1 is 1.14 bits per heavy atom. The van der Waals surface area contributed by atoms with Gasteiger partial charge in [-0.3, -0.25) is 19.1 Å². The minimum atomic E-state index is -4.75. The zero-order chi connectivity index (χ0) is 26.4. The number of benzene rings is 1. The molecule has 1 N–H and O–H groups in total. The molecular formula is C23H20F5N5O3. The van der Waals surface area contributed by atoms with Crippen molar-refractivity contribution in [1.29, 1.82) is 0 Å². The summed E-state index contributed by atoms with van der Waals surface area (Å²) < 4.78 is 68.9. The van der Waals surface area contributed by atoms with Crippen molar-refractivity contribution in [3.63, 3.8) is 0 Å². The third-order valence-electron chi connectivity index (χ3n) is 5.85. The number of nitrogens with one attached hydrogen (secondary N) is 1. The molecule has 3 heterocycles. The maximum absolute atomic E-state index is 14.7. The van der Waals surface area contributed by atoms with E-state index in [1.54, 1.807) is 12.4 Å². The number of hydrogen-bond acceptors (Lipinski definition) is 4. The predicted molar refractivity (Wildman–Crippen MR) is 120 cm³/mol. The largest absolute Gasteiger partial charge is 0.408 e. The minimum Gasteiger partial charge on any atom is -0.340 e. The van der Waals surface area contributed by atoms with E-state index in [0.717, 1.165) is 22.9 Å². The molecule has 0 radical (unpaired) electrons. The van der Waals surface area contributed by atoms with E-state index < -0.39 is 47.2 Å². The molecule has 190 valence electrons. The van der Waals surface area contributed by atoms with Gasteiger partial charge in [-0.2, -0.15) is 13.2 Å². The van der Waals surface area contributed by atoms with Gasteiger partial charge in [-0.25, -0.2) is 18.6 Å². The average Bonchev–Trinajstić information content (AvgIpc) is 3.15. The highest BCUT2D eigenvalue weighted by Crippen LogP contribution is 2.25. The number of anilines is 1. The molecule has 0 saturated carbocycles. The van der Waals surface area contributed by atoms with Crippen LogP contribution in [0.2, 0.25) is 0 Å². The van der Waals surface area contributed by atoms with Gasteiger partial charge in [-0.1, -0.05) is 6.92 Å². The van der Waals surface area contributed by atoms with Crippen LogP contribution in [0.15, 0.2) is 41.3 Å². The van der Waals surface area contributed by atoms with Crippen molar-refractivity contribution in [3.05, 3.63) is 63.9 Å². The molecule has 1 atom stereocenters. The summed E-state index contributed by atoms with van der Waals surface area (Å²) in [7, 11) is 1.59. The van der Waals surface area contributed by atoms with Crippen LogP contribution < -0.4 is 15.6 Å². The second-order valence-corrected chi connectivity index (χ2v) is 8.21. The third-order valence-corrected chi connectivity index (χ3v) is 5.85. The highest BCUT2D eigenvalue weighted by Gasteiger charge is 2.40. The standard InChI is InChI=1S/C23H20F5N5O3/c1-3-17(23(26,27)28)29-21(35)14-11-33(16-6-4-12(24)10-15(16)25)20-13(19(14)34)5-7-18(30-20)32-9-8-31(2)22(32)36/h4-7,10-11,17H,3,8-9H2,1-2H3,(H,29,35). The van der Waals surface area contributed by atoms with Crippen molar-refractivity contribution in [2.75, 3.05) is 25.0 Å². The van der Waals surface area contributed by atoms with E-state index in [-0.39, 0.29) is 28.6 Å². The Kier molecular flexibility index (Phi) is 6.41. The summed E-state index contributed by atoms with van der Waals surface area (Å²) in [4.78, 5) is 45.4. The minimum absolute atomic E-state index is 0.132. The lowest BCUT2D eigenvalue weighted by molar-refractivity contribution is -0.153. The summed E-state index contributed by atoms with van der Waals surface area (Å²) in [5.74, 6) is -3.15. The highest BCUT2D eigenvalue weighted by atomic mass is 19.4. The molecule has 1 aliphatic heterocycles. The van der Waals surface area contributed by atoms with Gasteiger partial charge in [0.1, 0.15) is 29.1 Å². The van der Waals surface area contributed by atoms with Crippen molar-refractivity contribution < 1.29 is 31.5 Å². The Balaban J connectivity index is 1.92. The second-order valence-electron chi connectivity index (χ2n) is 8.21. The highest BCUT2D eigenvalue weighted by molar-refractivity contribution is 5.98. The fourth-order valence-electron chi connectivity index (χ4n) is 3.88. The van der Waals surface area contributed by atoms with Crippen LogP contribution in [0.3, 0.4) is 0 Å². The summed E-state index contributed by atoms with van der Waals surface area (Å²) in [5, 5.41) is 1.58. The molecule has 13 heteroatoms. The smallest absolute Gasteiger partial charge is 0.340 e. The number of rotatable bonds is 5. The van der Waals surface area contributed by atoms with Crippen molar-refractivity contribution in [2.45, 2.75) is 25.6 Å². The summed E-state index contributed by atoms with van der Waals surface area (Å²) in [6.07, 6.45) is -4.38. The van der Waals surface area contributed by atoms with E-state index in [9.17, 15) is 36.3 Å². The van der Waals surface area contributed by atoms with Crippen molar-refractivity contribution in [1.82, 2.24) is 19.8 Å². The molecule has 3 amide bonds. The van der Waals surface area contributed by atoms with Crippen LogP contribution in [-0.4, -0.2) is 58.7 Å². The second kappa shape index (κ2) is 9.21. The van der Waals surface area contributed by atoms with Crippen LogP contribution in [-0.2, 0) is 0 Å². The van der Waals surface area contributed by atoms with Gasteiger partial charge >= 0.3 is 12.2 Å². The maximum atomic E-state index is 14.7. The molecular weight excluding hydrogens is 489 g/mol. The summed E-state index contributed by atoms with van der Waals surface area (Å²) in [6.45, 7) is 1.92. The van der Waals surface area contributed by atoms with E-state index in [2.05, 4.69) is 4.98 Å². The van der Waals surface area contributed by atoms with Gasteiger partial charge in [0.05, 0.1) is 11.1 Å². The van der Waals surface area contributed by atoms with Gasteiger partial charge in [0, 0.05) is 32.4 Å². The monoisotopic (exact) mass is 509 g/mol. The summed E-state index contributed by atoms with van der Waals surface area (Å²) in [6, 6.07) is 2.55. The molecule has 0 spiro atoms. The number of hydrogen-bond donors (Lipinski definition) is 1. The molecule has 1 aromatic carbocycles. The number of halogens is 5. The first-order chi connectivity index (χ1) is 16.9. The Labute approximate surface area is 200 Å². The Morgan fingerprint density at radius 2 is 1.86 bits per heavy atom. The zero-order valence-electron chi connectivity index (χ0n) is 19.1. The SMILES string of the molecule is CCC(NC(=O)c1cn(-c2ccc(F)cc2F)c2nc(N3CCN(C)C3=O)ccc2c1=O)C(F)(F)F. The van der Waals surface area contributed by atoms with Gasteiger partial charge in [0.2, 0.25) is 5.43 Å². The topological polar surface area (TPSA) is 87.5 Å². The Morgan fingerprint density at radius 3 is 2.44 bits per heavy atom. The molecule has 3 aromatic rings. The van der Waals surface area contributed by atoms with Gasteiger partial charge in [0.25, 0.3) is 5.91 Å². The van der Waals surface area contributed by atoms with Crippen molar-refractivity contribution >= 4 is 28.8 Å². The summed E-state index contributed by atoms with van der Waals surface area (Å²) in [5.41, 5.74) is -2.12. The van der Waals surface area contributed by atoms with Gasteiger partial charge in [-0.05, 0) is 30.7 Å². The number of likely N-dealkylation sites (N-methyl/N-ethyl adjacent to an activating group) is 1. The number of nitrogens with zero attached hydrogens (tertiary/aromatic N) is 4. The van der Waals surface area contributed by atoms with E-state index in [0.29, 0.717) is 19.2 Å². The van der Waals surface area contributed by atoms with E-state index in [1.807, 2.05) is 0 Å². The van der Waals surface area contributed by atoms with Crippen LogP contribution in [0.4, 0.5) is 32.6 Å². The van der Waals surface area contributed by atoms with Crippen LogP contribution in [0.25, 0.3) is 16.7 Å². The van der Waals surface area contributed by atoms with E-state index in [1.165, 1.54) is 28.9 Å². The van der Waals surface area contributed by atoms with Crippen molar-refractivity contribution in [3.8, 4) is 5.69 Å². The molecule has 36 heavy (non-hydrogen) atoms. The van der Waals surface area contributed by atoms with E-state index >= 15 is 0 Å². The Hall–Kier alpha value is -4.03. The zero-order valence-corrected chi connectivity index (χ0v) is 19.1. The fourth-order valence-corrected chi connectivity index (χ4v) is 3.88. The molecule has 0 aliphatic carbocycles. The molecule has 1 aliphatic rings. The van der Waals surface area contributed by atoms with Gasteiger partial charge < -0.3 is 10.2 Å². The molecule has 4 rings (SSSR count). The van der Waals surface area contributed by atoms with Gasteiger partial charge in [-0.15, -0.1) is 0 Å². The lowest BCUT2D eigenvalue weighted by atomic mass is 10.1. The van der Waals surface area contributed by atoms with Crippen LogP contribution >= 0.6 is 0 Å². The molecule has 0 bridgehead atoms. The number of amides is 3. The quantitative estimate of drug-likeness (QED) is 0.533. The van der Waals surface area contributed by atoms with Crippen LogP contribution in [0.5, 0.6) is 0 Å². The van der Waals surface area contributed by atoms with E-state index in [4.69, 9.17) is 0 Å². The first-order valence-electron chi connectivity index (χ1n) is 10.8. The molecule has 1 fully saturated rings. The lowest BCUT2D eigenvalue weighted by Crippen LogP contribution is -2.46. The molecule has 2 aromatic heterocycles.